The first-order valence-electron chi connectivity index (χ1n) is 7.99. The van der Waals surface area contributed by atoms with Crippen molar-refractivity contribution >= 4 is 22.8 Å². The lowest BCUT2D eigenvalue weighted by Gasteiger charge is -2.09. The number of thioether (sulfide) groups is 1. The molecule has 2 aromatic heterocycles. The summed E-state index contributed by atoms with van der Waals surface area (Å²) in [5.74, 6) is 1.32. The van der Waals surface area contributed by atoms with Crippen LogP contribution in [0.5, 0.6) is 0 Å². The first-order chi connectivity index (χ1) is 12.6. The Hall–Kier alpha value is -2.74. The highest BCUT2D eigenvalue weighted by Crippen LogP contribution is 2.29. The van der Waals surface area contributed by atoms with Crippen molar-refractivity contribution in [3.63, 3.8) is 0 Å². The van der Waals surface area contributed by atoms with Gasteiger partial charge < -0.3 is 0 Å². The van der Waals surface area contributed by atoms with Gasteiger partial charge in [0.15, 0.2) is 5.16 Å². The summed E-state index contributed by atoms with van der Waals surface area (Å²) in [6.45, 7) is -0.787. The topological polar surface area (TPSA) is 48.5 Å². The van der Waals surface area contributed by atoms with Gasteiger partial charge in [0.1, 0.15) is 11.6 Å². The van der Waals surface area contributed by atoms with E-state index in [0.29, 0.717) is 22.0 Å². The number of para-hydroxylation sites is 3. The van der Waals surface area contributed by atoms with Gasteiger partial charge in [0.25, 0.3) is 0 Å². The average Bonchev–Trinajstić information content (AvgIpc) is 3.20. The number of rotatable bonds is 5. The zero-order valence-electron chi connectivity index (χ0n) is 13.9. The van der Waals surface area contributed by atoms with Gasteiger partial charge in [-0.1, -0.05) is 42.1 Å². The van der Waals surface area contributed by atoms with Crippen molar-refractivity contribution in [3.8, 4) is 5.69 Å². The van der Waals surface area contributed by atoms with E-state index in [2.05, 4.69) is 15.2 Å². The molecule has 0 atom stereocenters. The number of aromatic nitrogens is 5. The third kappa shape index (κ3) is 2.96. The van der Waals surface area contributed by atoms with Crippen LogP contribution in [-0.2, 0) is 5.75 Å². The van der Waals surface area contributed by atoms with Crippen LogP contribution >= 0.6 is 11.8 Å². The number of fused-ring (bicyclic) bond motifs is 1. The Bertz CT molecular complexity index is 1040. The minimum atomic E-state index is -2.65. The molecule has 0 N–H and O–H groups in total. The van der Waals surface area contributed by atoms with E-state index in [0.717, 1.165) is 16.1 Å². The van der Waals surface area contributed by atoms with E-state index >= 15 is 0 Å². The van der Waals surface area contributed by atoms with Crippen molar-refractivity contribution in [2.45, 2.75) is 24.4 Å². The first kappa shape index (κ1) is 16.7. The van der Waals surface area contributed by atoms with Gasteiger partial charge in [-0.3, -0.25) is 9.13 Å². The van der Waals surface area contributed by atoms with Gasteiger partial charge >= 0.3 is 6.55 Å². The quantitative estimate of drug-likeness (QED) is 0.481. The van der Waals surface area contributed by atoms with Crippen molar-refractivity contribution in [1.82, 2.24) is 24.3 Å². The molecule has 0 spiro atoms. The summed E-state index contributed by atoms with van der Waals surface area (Å²) in [7, 11) is 0. The third-order valence-electron chi connectivity index (χ3n) is 4.00. The van der Waals surface area contributed by atoms with Crippen LogP contribution in [0, 0.1) is 6.92 Å². The molecule has 0 fully saturated rings. The van der Waals surface area contributed by atoms with Crippen LogP contribution in [0.2, 0.25) is 0 Å². The van der Waals surface area contributed by atoms with Crippen LogP contribution in [-0.4, -0.2) is 24.3 Å². The number of hydrogen-bond acceptors (Lipinski definition) is 4. The van der Waals surface area contributed by atoms with Gasteiger partial charge in [0.05, 0.1) is 16.8 Å². The maximum atomic E-state index is 13.5. The van der Waals surface area contributed by atoms with Gasteiger partial charge in [0.2, 0.25) is 0 Å². The number of imidazole rings is 1. The first-order valence-corrected chi connectivity index (χ1v) is 8.98. The minimum absolute atomic E-state index is 0.268. The Morgan fingerprint density at radius 3 is 2.50 bits per heavy atom. The molecule has 0 radical (unpaired) electrons. The van der Waals surface area contributed by atoms with Gasteiger partial charge in [-0.15, -0.1) is 10.2 Å². The minimum Gasteiger partial charge on any atom is -0.274 e. The van der Waals surface area contributed by atoms with Crippen LogP contribution in [0.4, 0.5) is 8.78 Å². The highest BCUT2D eigenvalue weighted by atomic mass is 32.2. The molecule has 4 aromatic rings. The van der Waals surface area contributed by atoms with Crippen LogP contribution < -0.4 is 0 Å². The standard InChI is InChI=1S/C18H15F2N5S/c1-12-22-23-18(24(12)13-7-3-2-4-8-13)26-11-16-21-14-9-5-6-10-15(14)25(16)17(19)20/h2-10,17H,11H2,1H3. The lowest BCUT2D eigenvalue weighted by atomic mass is 10.3. The SMILES string of the molecule is Cc1nnc(SCc2nc3ccccc3n2C(F)F)n1-c1ccccc1. The summed E-state index contributed by atoms with van der Waals surface area (Å²) in [6, 6.07) is 16.6. The largest absolute Gasteiger partial charge is 0.320 e. The van der Waals surface area contributed by atoms with E-state index in [-0.39, 0.29) is 5.75 Å². The lowest BCUT2D eigenvalue weighted by Crippen LogP contribution is -2.04. The third-order valence-corrected chi connectivity index (χ3v) is 4.93. The van der Waals surface area contributed by atoms with Crippen molar-refractivity contribution in [2.24, 2.45) is 0 Å². The Morgan fingerprint density at radius 1 is 1.00 bits per heavy atom. The van der Waals surface area contributed by atoms with Crippen LogP contribution in [0.15, 0.2) is 59.8 Å². The molecule has 0 aliphatic carbocycles. The lowest BCUT2D eigenvalue weighted by molar-refractivity contribution is 0.0722. The van der Waals surface area contributed by atoms with E-state index in [1.165, 1.54) is 11.8 Å². The summed E-state index contributed by atoms with van der Waals surface area (Å²) >= 11 is 1.34. The molecular weight excluding hydrogens is 356 g/mol. The van der Waals surface area contributed by atoms with Crippen LogP contribution in [0.25, 0.3) is 16.7 Å². The second-order valence-corrected chi connectivity index (χ2v) is 6.60. The molecule has 8 heteroatoms. The molecule has 0 unspecified atom stereocenters. The maximum absolute atomic E-state index is 13.5. The number of alkyl halides is 2. The molecular formula is C18H15F2N5S. The van der Waals surface area contributed by atoms with Gasteiger partial charge in [-0.05, 0) is 31.2 Å². The molecule has 2 heterocycles. The zero-order chi connectivity index (χ0) is 18.1. The normalized spacial score (nSPS) is 11.5. The number of aryl methyl sites for hydroxylation is 1. The smallest absolute Gasteiger partial charge is 0.274 e. The van der Waals surface area contributed by atoms with E-state index in [9.17, 15) is 8.78 Å². The van der Waals surface area contributed by atoms with Crippen molar-refractivity contribution in [2.75, 3.05) is 0 Å². The van der Waals surface area contributed by atoms with Crippen molar-refractivity contribution in [1.29, 1.82) is 0 Å². The molecule has 2 aromatic carbocycles. The van der Waals surface area contributed by atoms with E-state index in [4.69, 9.17) is 0 Å². The van der Waals surface area contributed by atoms with E-state index in [1.807, 2.05) is 41.8 Å². The fourth-order valence-corrected chi connectivity index (χ4v) is 3.78. The Labute approximate surface area is 152 Å². The fourth-order valence-electron chi connectivity index (χ4n) is 2.85. The molecule has 26 heavy (non-hydrogen) atoms. The molecule has 132 valence electrons. The highest BCUT2D eigenvalue weighted by Gasteiger charge is 2.19. The molecule has 0 saturated heterocycles. The van der Waals surface area contributed by atoms with Gasteiger partial charge in [-0.2, -0.15) is 8.78 Å². The number of nitrogens with zero attached hydrogens (tertiary/aromatic N) is 5. The summed E-state index contributed by atoms with van der Waals surface area (Å²) in [5, 5.41) is 8.95. The maximum Gasteiger partial charge on any atom is 0.320 e. The average molecular weight is 371 g/mol. The molecule has 0 bridgehead atoms. The summed E-state index contributed by atoms with van der Waals surface area (Å²) in [4.78, 5) is 4.36. The molecule has 5 nitrogen and oxygen atoms in total. The summed E-state index contributed by atoms with van der Waals surface area (Å²) < 4.78 is 30.0. The Morgan fingerprint density at radius 2 is 1.73 bits per heavy atom. The summed E-state index contributed by atoms with van der Waals surface area (Å²) in [6.07, 6.45) is 0. The van der Waals surface area contributed by atoms with Crippen LogP contribution in [0.1, 0.15) is 18.2 Å². The molecule has 0 aliphatic rings. The van der Waals surface area contributed by atoms with Gasteiger partial charge in [0, 0.05) is 5.69 Å². The Kier molecular flexibility index (Phi) is 4.42. The molecule has 4 rings (SSSR count). The zero-order valence-corrected chi connectivity index (χ0v) is 14.7. The fraction of sp³-hybridized carbons (Fsp3) is 0.167. The van der Waals surface area contributed by atoms with Crippen molar-refractivity contribution in [3.05, 3.63) is 66.2 Å². The number of hydrogen-bond donors (Lipinski definition) is 0. The van der Waals surface area contributed by atoms with Gasteiger partial charge in [-0.25, -0.2) is 4.98 Å². The monoisotopic (exact) mass is 371 g/mol. The number of halogens is 2. The van der Waals surface area contributed by atoms with Crippen LogP contribution in [0.3, 0.4) is 0 Å². The molecule has 0 saturated carbocycles. The van der Waals surface area contributed by atoms with E-state index < -0.39 is 6.55 Å². The van der Waals surface area contributed by atoms with Crippen molar-refractivity contribution < 1.29 is 8.78 Å². The second-order valence-electron chi connectivity index (χ2n) is 5.65. The molecule has 0 aliphatic heterocycles. The predicted octanol–water partition coefficient (Wildman–Crippen LogP) is 4.61. The Balaban J connectivity index is 1.67. The molecule has 0 amide bonds. The van der Waals surface area contributed by atoms with E-state index in [1.54, 1.807) is 24.3 Å². The second kappa shape index (κ2) is 6.87. The number of benzene rings is 2. The predicted molar refractivity (Wildman–Crippen MR) is 96.6 cm³/mol. The highest BCUT2D eigenvalue weighted by molar-refractivity contribution is 7.98. The summed E-state index contributed by atoms with van der Waals surface area (Å²) in [5.41, 5.74) is 1.92.